The van der Waals surface area contributed by atoms with Gasteiger partial charge in [0.25, 0.3) is 0 Å². The average Bonchev–Trinajstić information content (AvgIpc) is 3.00. The highest BCUT2D eigenvalue weighted by Gasteiger charge is 2.44. The van der Waals surface area contributed by atoms with Crippen LogP contribution in [0.2, 0.25) is 0 Å². The van der Waals surface area contributed by atoms with E-state index in [1.807, 2.05) is 24.0 Å². The van der Waals surface area contributed by atoms with Crippen LogP contribution in [0.5, 0.6) is 0 Å². The molecule has 4 nitrogen and oxygen atoms in total. The van der Waals surface area contributed by atoms with Crippen LogP contribution < -0.4 is 5.73 Å². The normalized spacial score (nSPS) is 21.6. The predicted octanol–water partition coefficient (Wildman–Crippen LogP) is 2.35. The minimum Gasteiger partial charge on any atom is -0.464 e. The van der Waals surface area contributed by atoms with E-state index in [4.69, 9.17) is 10.2 Å². The van der Waals surface area contributed by atoms with Crippen LogP contribution >= 0.6 is 0 Å². The van der Waals surface area contributed by atoms with Crippen molar-refractivity contribution in [1.82, 2.24) is 4.90 Å². The Labute approximate surface area is 113 Å². The zero-order valence-electron chi connectivity index (χ0n) is 11.5. The van der Waals surface area contributed by atoms with Crippen molar-refractivity contribution < 1.29 is 9.21 Å². The van der Waals surface area contributed by atoms with Gasteiger partial charge in [0.1, 0.15) is 11.5 Å². The molecule has 1 aromatic rings. The summed E-state index contributed by atoms with van der Waals surface area (Å²) < 4.78 is 5.60. The number of carbonyl (C=O) groups excluding carboxylic acids is 1. The van der Waals surface area contributed by atoms with Crippen molar-refractivity contribution in [3.05, 3.63) is 23.7 Å². The van der Waals surface area contributed by atoms with Crippen LogP contribution in [0.25, 0.3) is 0 Å². The predicted molar refractivity (Wildman–Crippen MR) is 72.4 cm³/mol. The number of nitrogens with zero attached hydrogens (tertiary/aromatic N) is 1. The largest absolute Gasteiger partial charge is 0.464 e. The van der Waals surface area contributed by atoms with Gasteiger partial charge in [-0.1, -0.05) is 12.8 Å². The van der Waals surface area contributed by atoms with Crippen molar-refractivity contribution in [2.75, 3.05) is 0 Å². The fourth-order valence-corrected chi connectivity index (χ4v) is 3.00. The maximum Gasteiger partial charge on any atom is 0.243 e. The fraction of sp³-hybridized carbons (Fsp3) is 0.667. The highest BCUT2D eigenvalue weighted by atomic mass is 16.3. The molecule has 0 aliphatic heterocycles. The van der Waals surface area contributed by atoms with Gasteiger partial charge in [-0.2, -0.15) is 0 Å². The number of furan rings is 1. The van der Waals surface area contributed by atoms with Crippen LogP contribution in [0.3, 0.4) is 0 Å². The molecule has 2 aliphatic carbocycles. The number of hydrogen-bond acceptors (Lipinski definition) is 3. The van der Waals surface area contributed by atoms with Gasteiger partial charge in [-0.15, -0.1) is 0 Å². The SMILES string of the molecule is Cc1ccc(CN(C(=O)C2(N)CCCC2)C2CC2)o1. The van der Waals surface area contributed by atoms with Gasteiger partial charge in [-0.25, -0.2) is 0 Å². The highest BCUT2D eigenvalue weighted by Crippen LogP contribution is 2.35. The van der Waals surface area contributed by atoms with Crippen LogP contribution in [0.4, 0.5) is 0 Å². The van der Waals surface area contributed by atoms with Gasteiger partial charge in [-0.05, 0) is 44.7 Å². The summed E-state index contributed by atoms with van der Waals surface area (Å²) in [7, 11) is 0. The summed E-state index contributed by atoms with van der Waals surface area (Å²) in [6.07, 6.45) is 5.99. The summed E-state index contributed by atoms with van der Waals surface area (Å²) in [6, 6.07) is 4.27. The molecule has 0 atom stereocenters. The second kappa shape index (κ2) is 4.67. The van der Waals surface area contributed by atoms with E-state index < -0.39 is 5.54 Å². The van der Waals surface area contributed by atoms with Gasteiger partial charge < -0.3 is 15.1 Å². The molecule has 1 aromatic heterocycles. The number of carbonyl (C=O) groups is 1. The first-order chi connectivity index (χ1) is 9.08. The van der Waals surface area contributed by atoms with E-state index in [9.17, 15) is 4.79 Å². The molecule has 1 heterocycles. The molecule has 2 aliphatic rings. The molecule has 1 amide bonds. The average molecular weight is 262 g/mol. The molecule has 19 heavy (non-hydrogen) atoms. The van der Waals surface area contributed by atoms with E-state index in [-0.39, 0.29) is 5.91 Å². The molecule has 104 valence electrons. The molecular formula is C15H22N2O2. The Bertz CT molecular complexity index is 470. The van der Waals surface area contributed by atoms with Gasteiger partial charge in [-0.3, -0.25) is 4.79 Å². The lowest BCUT2D eigenvalue weighted by molar-refractivity contribution is -0.138. The number of hydrogen-bond donors (Lipinski definition) is 1. The summed E-state index contributed by atoms with van der Waals surface area (Å²) in [5, 5.41) is 0. The van der Waals surface area contributed by atoms with Gasteiger partial charge in [0.2, 0.25) is 5.91 Å². The number of nitrogens with two attached hydrogens (primary N) is 1. The van der Waals surface area contributed by atoms with Crippen LogP contribution in [-0.2, 0) is 11.3 Å². The minimum absolute atomic E-state index is 0.126. The quantitative estimate of drug-likeness (QED) is 0.906. The molecule has 4 heteroatoms. The van der Waals surface area contributed by atoms with Crippen LogP contribution in [0, 0.1) is 6.92 Å². The summed E-state index contributed by atoms with van der Waals surface area (Å²) >= 11 is 0. The highest BCUT2D eigenvalue weighted by molar-refractivity contribution is 5.87. The number of rotatable bonds is 4. The van der Waals surface area contributed by atoms with E-state index in [1.165, 1.54) is 0 Å². The summed E-state index contributed by atoms with van der Waals surface area (Å²) in [5.41, 5.74) is 5.69. The van der Waals surface area contributed by atoms with Gasteiger partial charge in [0.05, 0.1) is 12.1 Å². The molecule has 2 N–H and O–H groups in total. The monoisotopic (exact) mass is 262 g/mol. The molecule has 3 rings (SSSR count). The molecule has 0 saturated heterocycles. The molecule has 0 unspecified atom stereocenters. The van der Waals surface area contributed by atoms with Crippen LogP contribution in [-0.4, -0.2) is 22.4 Å². The van der Waals surface area contributed by atoms with Crippen LogP contribution in [0.1, 0.15) is 50.0 Å². The minimum atomic E-state index is -0.621. The topological polar surface area (TPSA) is 59.5 Å². The lowest BCUT2D eigenvalue weighted by atomic mass is 9.97. The third kappa shape index (κ3) is 2.54. The van der Waals surface area contributed by atoms with Gasteiger partial charge in [0.15, 0.2) is 0 Å². The zero-order chi connectivity index (χ0) is 13.5. The molecule has 0 radical (unpaired) electrons. The van der Waals surface area contributed by atoms with E-state index in [0.29, 0.717) is 12.6 Å². The van der Waals surface area contributed by atoms with Crippen molar-refractivity contribution in [3.8, 4) is 0 Å². The maximum absolute atomic E-state index is 12.7. The Kier molecular flexibility index (Phi) is 3.13. The smallest absolute Gasteiger partial charge is 0.243 e. The Morgan fingerprint density at radius 2 is 2.11 bits per heavy atom. The number of amides is 1. The fourth-order valence-electron chi connectivity index (χ4n) is 3.00. The summed E-state index contributed by atoms with van der Waals surface area (Å²) in [6.45, 7) is 2.49. The van der Waals surface area contributed by atoms with Crippen molar-refractivity contribution in [3.63, 3.8) is 0 Å². The van der Waals surface area contributed by atoms with Crippen molar-refractivity contribution in [2.24, 2.45) is 5.73 Å². The zero-order valence-corrected chi connectivity index (χ0v) is 11.5. The summed E-state index contributed by atoms with van der Waals surface area (Å²) in [4.78, 5) is 14.7. The van der Waals surface area contributed by atoms with E-state index >= 15 is 0 Å². The first-order valence-electron chi connectivity index (χ1n) is 7.24. The molecular weight excluding hydrogens is 240 g/mol. The molecule has 0 bridgehead atoms. The lowest BCUT2D eigenvalue weighted by Gasteiger charge is -2.31. The van der Waals surface area contributed by atoms with E-state index in [0.717, 1.165) is 50.0 Å². The number of aryl methyl sites for hydroxylation is 1. The van der Waals surface area contributed by atoms with Crippen molar-refractivity contribution >= 4 is 5.91 Å². The first-order valence-corrected chi connectivity index (χ1v) is 7.24. The van der Waals surface area contributed by atoms with E-state index in [2.05, 4.69) is 0 Å². The molecule has 0 aromatic carbocycles. The molecule has 0 spiro atoms. The van der Waals surface area contributed by atoms with Gasteiger partial charge in [0, 0.05) is 6.04 Å². The Hall–Kier alpha value is -1.29. The Balaban J connectivity index is 1.75. The van der Waals surface area contributed by atoms with Gasteiger partial charge >= 0.3 is 0 Å². The lowest BCUT2D eigenvalue weighted by Crippen LogP contribution is -2.53. The molecule has 2 fully saturated rings. The van der Waals surface area contributed by atoms with Crippen molar-refractivity contribution in [2.45, 2.75) is 63.6 Å². The second-order valence-corrected chi connectivity index (χ2v) is 6.04. The third-order valence-corrected chi connectivity index (χ3v) is 4.29. The van der Waals surface area contributed by atoms with E-state index in [1.54, 1.807) is 0 Å². The maximum atomic E-state index is 12.7. The van der Waals surface area contributed by atoms with Crippen molar-refractivity contribution in [1.29, 1.82) is 0 Å². The second-order valence-electron chi connectivity index (χ2n) is 6.04. The Morgan fingerprint density at radius 1 is 1.42 bits per heavy atom. The molecule has 2 saturated carbocycles. The standard InChI is InChI=1S/C15H22N2O2/c1-11-4-7-13(19-11)10-17(12-5-6-12)14(18)15(16)8-2-3-9-15/h4,7,12H,2-3,5-6,8-10,16H2,1H3. The first kappa shape index (κ1) is 12.7. The van der Waals surface area contributed by atoms with Crippen LogP contribution in [0.15, 0.2) is 16.5 Å². The third-order valence-electron chi connectivity index (χ3n) is 4.29. The Morgan fingerprint density at radius 3 is 2.63 bits per heavy atom. The summed E-state index contributed by atoms with van der Waals surface area (Å²) in [5.74, 6) is 1.88.